The van der Waals surface area contributed by atoms with Gasteiger partial charge < -0.3 is 15.3 Å². The third kappa shape index (κ3) is 3.96. The number of piperidine rings is 1. The zero-order valence-corrected chi connectivity index (χ0v) is 8.83. The van der Waals surface area contributed by atoms with Crippen molar-refractivity contribution in [1.82, 2.24) is 10.2 Å². The van der Waals surface area contributed by atoms with E-state index in [1.807, 2.05) is 0 Å². The van der Waals surface area contributed by atoms with E-state index in [1.54, 1.807) is 0 Å². The molecule has 1 rings (SSSR count). The Morgan fingerprint density at radius 1 is 1.64 bits per heavy atom. The molecule has 14 heavy (non-hydrogen) atoms. The molecule has 1 unspecified atom stereocenters. The number of amides is 1. The third-order valence-corrected chi connectivity index (χ3v) is 2.66. The molecule has 0 aromatic carbocycles. The van der Waals surface area contributed by atoms with Gasteiger partial charge >= 0.3 is 6.09 Å². The third-order valence-electron chi connectivity index (χ3n) is 2.66. The Balaban J connectivity index is 2.24. The van der Waals surface area contributed by atoms with Crippen LogP contribution >= 0.6 is 0 Å². The van der Waals surface area contributed by atoms with Crippen LogP contribution in [0.4, 0.5) is 4.79 Å². The molecular formula is C10H20N2O2. The molecule has 4 nitrogen and oxygen atoms in total. The predicted molar refractivity (Wildman–Crippen MR) is 55.5 cm³/mol. The molecule has 0 radical (unpaired) electrons. The summed E-state index contributed by atoms with van der Waals surface area (Å²) in [5, 5.41) is 11.2. The second-order valence-electron chi connectivity index (χ2n) is 3.94. The van der Waals surface area contributed by atoms with Crippen LogP contribution in [0.2, 0.25) is 0 Å². The molecule has 0 bridgehead atoms. The fraction of sp³-hybridized carbons (Fsp3) is 0.900. The van der Waals surface area contributed by atoms with E-state index in [2.05, 4.69) is 17.1 Å². The lowest BCUT2D eigenvalue weighted by atomic mass is 10.1. The van der Waals surface area contributed by atoms with Crippen LogP contribution in [-0.2, 0) is 0 Å². The first-order valence-corrected chi connectivity index (χ1v) is 5.44. The molecular weight excluding hydrogens is 180 g/mol. The molecule has 2 N–H and O–H groups in total. The van der Waals surface area contributed by atoms with E-state index < -0.39 is 6.09 Å². The number of rotatable bonds is 4. The number of hydrogen-bond acceptors (Lipinski definition) is 2. The average Bonchev–Trinajstić information content (AvgIpc) is 2.14. The largest absolute Gasteiger partial charge is 0.465 e. The van der Waals surface area contributed by atoms with Gasteiger partial charge in [-0.25, -0.2) is 4.79 Å². The maximum atomic E-state index is 10.5. The molecule has 1 saturated heterocycles. The van der Waals surface area contributed by atoms with Crippen molar-refractivity contribution in [3.63, 3.8) is 0 Å². The van der Waals surface area contributed by atoms with Gasteiger partial charge in [0.2, 0.25) is 0 Å². The molecule has 0 aromatic heterocycles. The number of unbranched alkanes of at least 4 members (excludes halogenated alkanes) is 1. The van der Waals surface area contributed by atoms with E-state index in [4.69, 9.17) is 5.11 Å². The van der Waals surface area contributed by atoms with Crippen molar-refractivity contribution in [2.24, 2.45) is 0 Å². The van der Waals surface area contributed by atoms with Gasteiger partial charge in [-0.1, -0.05) is 13.3 Å². The summed E-state index contributed by atoms with van der Waals surface area (Å²) in [4.78, 5) is 12.8. The summed E-state index contributed by atoms with van der Waals surface area (Å²) < 4.78 is 0. The molecule has 0 spiro atoms. The van der Waals surface area contributed by atoms with Crippen molar-refractivity contribution in [3.8, 4) is 0 Å². The zero-order valence-electron chi connectivity index (χ0n) is 8.83. The van der Waals surface area contributed by atoms with Gasteiger partial charge in [0, 0.05) is 12.6 Å². The Bertz CT molecular complexity index is 185. The highest BCUT2D eigenvalue weighted by Crippen LogP contribution is 2.10. The van der Waals surface area contributed by atoms with Gasteiger partial charge in [0.15, 0.2) is 0 Å². The summed E-state index contributed by atoms with van der Waals surface area (Å²) in [5.74, 6) is 0. The second kappa shape index (κ2) is 5.86. The number of hydrogen-bond donors (Lipinski definition) is 2. The normalized spacial score (nSPS) is 23.4. The molecule has 1 aliphatic rings. The average molecular weight is 200 g/mol. The van der Waals surface area contributed by atoms with Crippen LogP contribution in [0.5, 0.6) is 0 Å². The van der Waals surface area contributed by atoms with Crippen molar-refractivity contribution < 1.29 is 9.90 Å². The summed E-state index contributed by atoms with van der Waals surface area (Å²) >= 11 is 0. The van der Waals surface area contributed by atoms with Gasteiger partial charge in [-0.3, -0.25) is 0 Å². The van der Waals surface area contributed by atoms with Crippen molar-refractivity contribution in [3.05, 3.63) is 0 Å². The molecule has 0 aliphatic carbocycles. The standard InChI is InChI=1S/C10H20N2O2/c1-2-3-6-12-7-4-5-9(8-12)11-10(13)14/h9,11H,2-8H2,1H3,(H,13,14). The highest BCUT2D eigenvalue weighted by molar-refractivity contribution is 5.64. The fourth-order valence-corrected chi connectivity index (χ4v) is 1.93. The number of likely N-dealkylation sites (tertiary alicyclic amines) is 1. The number of carboxylic acid groups (broad SMARTS) is 1. The molecule has 0 saturated carbocycles. The fourth-order valence-electron chi connectivity index (χ4n) is 1.93. The highest BCUT2D eigenvalue weighted by Gasteiger charge is 2.20. The summed E-state index contributed by atoms with van der Waals surface area (Å²) in [5.41, 5.74) is 0. The maximum absolute atomic E-state index is 10.5. The van der Waals surface area contributed by atoms with E-state index >= 15 is 0 Å². The lowest BCUT2D eigenvalue weighted by Crippen LogP contribution is -2.47. The van der Waals surface area contributed by atoms with E-state index in [0.717, 1.165) is 32.5 Å². The van der Waals surface area contributed by atoms with E-state index in [-0.39, 0.29) is 6.04 Å². The molecule has 1 fully saturated rings. The first-order valence-electron chi connectivity index (χ1n) is 5.44. The van der Waals surface area contributed by atoms with Gasteiger partial charge in [0.05, 0.1) is 0 Å². The van der Waals surface area contributed by atoms with E-state index in [0.29, 0.717) is 0 Å². The lowest BCUT2D eigenvalue weighted by molar-refractivity contribution is 0.162. The summed E-state index contributed by atoms with van der Waals surface area (Å²) in [7, 11) is 0. The van der Waals surface area contributed by atoms with Crippen molar-refractivity contribution in [2.75, 3.05) is 19.6 Å². The molecule has 1 amide bonds. The lowest BCUT2D eigenvalue weighted by Gasteiger charge is -2.32. The van der Waals surface area contributed by atoms with Crippen LogP contribution in [0.15, 0.2) is 0 Å². The van der Waals surface area contributed by atoms with Crippen molar-refractivity contribution in [1.29, 1.82) is 0 Å². The first-order chi connectivity index (χ1) is 6.72. The van der Waals surface area contributed by atoms with Gasteiger partial charge in [-0.15, -0.1) is 0 Å². The summed E-state index contributed by atoms with van der Waals surface area (Å²) in [6, 6.07) is 0.137. The molecule has 1 heterocycles. The van der Waals surface area contributed by atoms with E-state index in [9.17, 15) is 4.79 Å². The second-order valence-corrected chi connectivity index (χ2v) is 3.94. The Morgan fingerprint density at radius 3 is 3.07 bits per heavy atom. The smallest absolute Gasteiger partial charge is 0.404 e. The van der Waals surface area contributed by atoms with E-state index in [1.165, 1.54) is 12.8 Å². The van der Waals surface area contributed by atoms with Gasteiger partial charge in [-0.2, -0.15) is 0 Å². The molecule has 4 heteroatoms. The summed E-state index contributed by atoms with van der Waals surface area (Å²) in [6.45, 7) is 5.29. The van der Waals surface area contributed by atoms with Gasteiger partial charge in [-0.05, 0) is 32.4 Å². The SMILES string of the molecule is CCCCN1CCCC(NC(=O)O)C1. The van der Waals surface area contributed by atoms with Crippen LogP contribution in [0, 0.1) is 0 Å². The zero-order chi connectivity index (χ0) is 10.4. The molecule has 0 aromatic rings. The minimum atomic E-state index is -0.896. The molecule has 82 valence electrons. The monoisotopic (exact) mass is 200 g/mol. The highest BCUT2D eigenvalue weighted by atomic mass is 16.4. The Kier molecular flexibility index (Phi) is 4.73. The number of carbonyl (C=O) groups is 1. The number of nitrogens with one attached hydrogen (secondary N) is 1. The first kappa shape index (κ1) is 11.3. The number of nitrogens with zero attached hydrogens (tertiary/aromatic N) is 1. The van der Waals surface area contributed by atoms with Crippen molar-refractivity contribution in [2.45, 2.75) is 38.6 Å². The van der Waals surface area contributed by atoms with Gasteiger partial charge in [0.25, 0.3) is 0 Å². The van der Waals surface area contributed by atoms with Crippen LogP contribution in [0.1, 0.15) is 32.6 Å². The molecule has 1 aliphatic heterocycles. The van der Waals surface area contributed by atoms with Crippen LogP contribution < -0.4 is 5.32 Å². The Hall–Kier alpha value is -0.770. The van der Waals surface area contributed by atoms with Crippen molar-refractivity contribution >= 4 is 6.09 Å². The Morgan fingerprint density at radius 2 is 2.43 bits per heavy atom. The topological polar surface area (TPSA) is 52.6 Å². The Labute approximate surface area is 85.3 Å². The maximum Gasteiger partial charge on any atom is 0.404 e. The van der Waals surface area contributed by atoms with Crippen LogP contribution in [0.3, 0.4) is 0 Å². The molecule has 1 atom stereocenters. The summed E-state index contributed by atoms with van der Waals surface area (Å²) in [6.07, 6.45) is 3.60. The van der Waals surface area contributed by atoms with Crippen LogP contribution in [-0.4, -0.2) is 41.8 Å². The van der Waals surface area contributed by atoms with Crippen LogP contribution in [0.25, 0.3) is 0 Å². The minimum Gasteiger partial charge on any atom is -0.465 e. The minimum absolute atomic E-state index is 0.137. The predicted octanol–water partition coefficient (Wildman–Crippen LogP) is 1.52. The van der Waals surface area contributed by atoms with Gasteiger partial charge in [0.1, 0.15) is 0 Å². The quantitative estimate of drug-likeness (QED) is 0.723.